The van der Waals surface area contributed by atoms with Crippen LogP contribution in [-0.2, 0) is 10.5 Å². The lowest BCUT2D eigenvalue weighted by Gasteiger charge is -2.21. The van der Waals surface area contributed by atoms with E-state index in [1.54, 1.807) is 6.26 Å². The van der Waals surface area contributed by atoms with Crippen LogP contribution in [0, 0.1) is 0 Å². The van der Waals surface area contributed by atoms with Crippen LogP contribution in [0.4, 0.5) is 0 Å². The molecule has 0 bridgehead atoms. The van der Waals surface area contributed by atoms with E-state index >= 15 is 0 Å². The van der Waals surface area contributed by atoms with Gasteiger partial charge < -0.3 is 15.1 Å². The molecule has 2 N–H and O–H groups in total. The molecule has 1 aliphatic heterocycles. The van der Waals surface area contributed by atoms with Gasteiger partial charge in [-0.05, 0) is 19.3 Å². The van der Waals surface area contributed by atoms with Gasteiger partial charge in [-0.1, -0.05) is 16.9 Å². The van der Waals surface area contributed by atoms with Crippen LogP contribution in [0.2, 0.25) is 0 Å². The Morgan fingerprint density at radius 3 is 3.11 bits per heavy atom. The molecule has 3 heterocycles. The second kappa shape index (κ2) is 5.62. The summed E-state index contributed by atoms with van der Waals surface area (Å²) in [5.41, 5.74) is 0.850. The molecule has 0 amide bonds. The van der Waals surface area contributed by atoms with Gasteiger partial charge in [-0.3, -0.25) is 0 Å². The summed E-state index contributed by atoms with van der Waals surface area (Å²) in [5.74, 6) is 7.37. The second-order valence-electron chi connectivity index (χ2n) is 4.35. The number of aromatic nitrogens is 4. The van der Waals surface area contributed by atoms with Crippen LogP contribution in [0.5, 0.6) is 0 Å². The minimum atomic E-state index is -0.0346. The monoisotopic (exact) mass is 281 g/mol. The molecule has 0 aromatic carbocycles. The average Bonchev–Trinajstić information content (AvgIpc) is 3.07. The molecule has 3 rings (SSSR count). The van der Waals surface area contributed by atoms with Gasteiger partial charge in [0.15, 0.2) is 5.82 Å². The molecular weight excluding hydrogens is 266 g/mol. The third-order valence-corrected chi connectivity index (χ3v) is 3.98. The molecule has 8 heteroatoms. The molecule has 0 saturated carbocycles. The standard InChI is InChI=1S/C11H15N5O2S/c12-16-10(9-3-1-2-5-17-9)13-14-11(16)19-7-8-4-6-18-15-8/h4,6,9H,1-3,5,7,12H2/t9-/m1/s1. The van der Waals surface area contributed by atoms with Crippen LogP contribution in [0.3, 0.4) is 0 Å². The first-order chi connectivity index (χ1) is 9.34. The summed E-state index contributed by atoms with van der Waals surface area (Å²) in [4.78, 5) is 0. The zero-order valence-electron chi connectivity index (χ0n) is 10.4. The Hall–Kier alpha value is -1.54. The molecule has 1 saturated heterocycles. The molecule has 1 aliphatic rings. The Labute approximate surface area is 114 Å². The molecule has 0 unspecified atom stereocenters. The quantitative estimate of drug-likeness (QED) is 0.670. The highest BCUT2D eigenvalue weighted by Gasteiger charge is 2.23. The van der Waals surface area contributed by atoms with Gasteiger partial charge >= 0.3 is 0 Å². The number of hydrogen-bond acceptors (Lipinski definition) is 7. The first-order valence-electron chi connectivity index (χ1n) is 6.18. The van der Waals surface area contributed by atoms with E-state index in [1.807, 2.05) is 6.07 Å². The normalized spacial score (nSPS) is 19.7. The van der Waals surface area contributed by atoms with E-state index in [0.717, 1.165) is 31.6 Å². The van der Waals surface area contributed by atoms with Crippen molar-refractivity contribution < 1.29 is 9.26 Å². The van der Waals surface area contributed by atoms with Crippen LogP contribution in [0.25, 0.3) is 0 Å². The molecule has 7 nitrogen and oxygen atoms in total. The third kappa shape index (κ3) is 2.74. The Bertz CT molecular complexity index is 521. The summed E-state index contributed by atoms with van der Waals surface area (Å²) in [7, 11) is 0. The van der Waals surface area contributed by atoms with Gasteiger partial charge in [0.2, 0.25) is 5.16 Å². The number of nitrogens with zero attached hydrogens (tertiary/aromatic N) is 4. The predicted molar refractivity (Wildman–Crippen MR) is 68.8 cm³/mol. The maximum Gasteiger partial charge on any atom is 0.210 e. The lowest BCUT2D eigenvalue weighted by atomic mass is 10.1. The van der Waals surface area contributed by atoms with Crippen LogP contribution >= 0.6 is 11.8 Å². The minimum Gasteiger partial charge on any atom is -0.370 e. The first-order valence-corrected chi connectivity index (χ1v) is 7.17. The fraction of sp³-hybridized carbons (Fsp3) is 0.545. The predicted octanol–water partition coefficient (Wildman–Crippen LogP) is 1.51. The van der Waals surface area contributed by atoms with Crippen LogP contribution in [0.15, 0.2) is 22.0 Å². The lowest BCUT2D eigenvalue weighted by Crippen LogP contribution is -2.21. The summed E-state index contributed by atoms with van der Waals surface area (Å²) < 4.78 is 12.0. The number of thioether (sulfide) groups is 1. The molecule has 0 radical (unpaired) electrons. The SMILES string of the molecule is Nn1c(SCc2ccon2)nnc1[C@H]1CCCCO1. The van der Waals surface area contributed by atoms with Crippen LogP contribution in [0.1, 0.15) is 36.9 Å². The Kier molecular flexibility index (Phi) is 3.69. The molecule has 0 spiro atoms. The van der Waals surface area contributed by atoms with Crippen molar-refractivity contribution >= 4 is 11.8 Å². The number of nitrogens with two attached hydrogens (primary N) is 1. The molecule has 0 aliphatic carbocycles. The summed E-state index contributed by atoms with van der Waals surface area (Å²) >= 11 is 1.48. The van der Waals surface area contributed by atoms with Gasteiger partial charge in [-0.2, -0.15) is 0 Å². The summed E-state index contributed by atoms with van der Waals surface area (Å²) in [6, 6.07) is 1.81. The Morgan fingerprint density at radius 1 is 1.42 bits per heavy atom. The highest BCUT2D eigenvalue weighted by molar-refractivity contribution is 7.98. The summed E-state index contributed by atoms with van der Waals surface area (Å²) in [6.07, 6.45) is 4.70. The number of hydrogen-bond donors (Lipinski definition) is 1. The maximum absolute atomic E-state index is 6.02. The molecule has 19 heavy (non-hydrogen) atoms. The fourth-order valence-corrected chi connectivity index (χ4v) is 2.76. The van der Waals surface area contributed by atoms with Gasteiger partial charge in [-0.15, -0.1) is 10.2 Å². The van der Waals surface area contributed by atoms with Gasteiger partial charge in [0, 0.05) is 18.4 Å². The molecular formula is C11H15N5O2S. The van der Waals surface area contributed by atoms with Crippen molar-refractivity contribution in [2.45, 2.75) is 36.3 Å². The molecule has 2 aromatic rings. The topological polar surface area (TPSA) is 92.0 Å². The van der Waals surface area contributed by atoms with Gasteiger partial charge in [0.05, 0.1) is 5.69 Å². The molecule has 1 atom stereocenters. The van der Waals surface area contributed by atoms with Crippen LogP contribution in [-0.4, -0.2) is 26.6 Å². The van der Waals surface area contributed by atoms with Crippen LogP contribution < -0.4 is 5.84 Å². The van der Waals surface area contributed by atoms with Crippen molar-refractivity contribution in [3.63, 3.8) is 0 Å². The number of nitrogen functional groups attached to an aromatic ring is 1. The Morgan fingerprint density at radius 2 is 2.37 bits per heavy atom. The van der Waals surface area contributed by atoms with E-state index in [2.05, 4.69) is 15.4 Å². The highest BCUT2D eigenvalue weighted by atomic mass is 32.2. The minimum absolute atomic E-state index is 0.0346. The van der Waals surface area contributed by atoms with Crippen molar-refractivity contribution in [3.05, 3.63) is 23.8 Å². The summed E-state index contributed by atoms with van der Waals surface area (Å²) in [6.45, 7) is 0.763. The molecule has 102 valence electrons. The van der Waals surface area contributed by atoms with Crippen molar-refractivity contribution in [2.24, 2.45) is 0 Å². The van der Waals surface area contributed by atoms with E-state index in [0.29, 0.717) is 16.7 Å². The smallest absolute Gasteiger partial charge is 0.210 e. The maximum atomic E-state index is 6.02. The molecule has 2 aromatic heterocycles. The largest absolute Gasteiger partial charge is 0.370 e. The van der Waals surface area contributed by atoms with Crippen molar-refractivity contribution in [2.75, 3.05) is 12.4 Å². The van der Waals surface area contributed by atoms with E-state index in [-0.39, 0.29) is 6.10 Å². The fourth-order valence-electron chi connectivity index (χ4n) is 2.00. The zero-order chi connectivity index (χ0) is 13.1. The average molecular weight is 281 g/mol. The van der Waals surface area contributed by atoms with Gasteiger partial charge in [-0.25, -0.2) is 4.68 Å². The third-order valence-electron chi connectivity index (χ3n) is 3.00. The summed E-state index contributed by atoms with van der Waals surface area (Å²) in [5, 5.41) is 12.7. The van der Waals surface area contributed by atoms with E-state index in [1.165, 1.54) is 16.4 Å². The van der Waals surface area contributed by atoms with E-state index < -0.39 is 0 Å². The van der Waals surface area contributed by atoms with Gasteiger partial charge in [0.1, 0.15) is 12.4 Å². The molecule has 1 fully saturated rings. The highest BCUT2D eigenvalue weighted by Crippen LogP contribution is 2.28. The second-order valence-corrected chi connectivity index (χ2v) is 5.29. The van der Waals surface area contributed by atoms with Gasteiger partial charge in [0.25, 0.3) is 0 Å². The van der Waals surface area contributed by atoms with E-state index in [4.69, 9.17) is 15.1 Å². The van der Waals surface area contributed by atoms with Crippen molar-refractivity contribution in [3.8, 4) is 0 Å². The number of rotatable bonds is 4. The Balaban J connectivity index is 1.67. The number of ether oxygens (including phenoxy) is 1. The van der Waals surface area contributed by atoms with Crippen molar-refractivity contribution in [1.82, 2.24) is 20.0 Å². The zero-order valence-corrected chi connectivity index (χ0v) is 11.2. The van der Waals surface area contributed by atoms with Crippen molar-refractivity contribution in [1.29, 1.82) is 0 Å². The van der Waals surface area contributed by atoms with E-state index in [9.17, 15) is 0 Å². The lowest BCUT2D eigenvalue weighted by molar-refractivity contribution is 0.00780. The first kappa shape index (κ1) is 12.5.